The first kappa shape index (κ1) is 16.9. The number of aromatic nitrogens is 7. The maximum absolute atomic E-state index is 9.09. The van der Waals surface area contributed by atoms with Crippen molar-refractivity contribution in [2.75, 3.05) is 6.61 Å². The molecule has 1 aliphatic carbocycles. The Morgan fingerprint density at radius 2 is 1.93 bits per heavy atom. The van der Waals surface area contributed by atoms with Crippen LogP contribution in [0.3, 0.4) is 0 Å². The van der Waals surface area contributed by atoms with Crippen LogP contribution in [0.4, 0.5) is 0 Å². The van der Waals surface area contributed by atoms with Crippen LogP contribution in [-0.2, 0) is 13.6 Å². The van der Waals surface area contributed by atoms with Gasteiger partial charge in [0.2, 0.25) is 0 Å². The van der Waals surface area contributed by atoms with E-state index in [1.807, 2.05) is 36.3 Å². The number of aryl methyl sites for hydroxylation is 1. The van der Waals surface area contributed by atoms with Gasteiger partial charge >= 0.3 is 0 Å². The Labute approximate surface area is 161 Å². The fourth-order valence-electron chi connectivity index (χ4n) is 3.36. The first-order valence-corrected chi connectivity index (χ1v) is 9.41. The maximum atomic E-state index is 9.09. The Kier molecular flexibility index (Phi) is 4.09. The quantitative estimate of drug-likeness (QED) is 0.553. The molecule has 144 valence electrons. The standard InChI is InChI=1S/C19H21N7O2/c1-24-11-13(9-20-24)16-5-6-17(28-16)19-22-18(23-26(19)15-3-2-4-15)14-10-21-25(12-14)7-8-27/h5-6,9-12,15,27H,2-4,7-8H2,1H3. The molecule has 0 bridgehead atoms. The molecule has 9 heteroatoms. The molecule has 4 heterocycles. The second kappa shape index (κ2) is 6.75. The number of hydrogen-bond acceptors (Lipinski definition) is 6. The van der Waals surface area contributed by atoms with E-state index >= 15 is 0 Å². The predicted molar refractivity (Wildman–Crippen MR) is 101 cm³/mol. The van der Waals surface area contributed by atoms with Crippen molar-refractivity contribution in [1.82, 2.24) is 34.3 Å². The van der Waals surface area contributed by atoms with Gasteiger partial charge in [0.1, 0.15) is 5.76 Å². The van der Waals surface area contributed by atoms with Gasteiger partial charge < -0.3 is 9.52 Å². The van der Waals surface area contributed by atoms with Crippen molar-refractivity contribution in [3.8, 4) is 34.3 Å². The second-order valence-corrected chi connectivity index (χ2v) is 7.07. The van der Waals surface area contributed by atoms with Crippen molar-refractivity contribution in [1.29, 1.82) is 0 Å². The summed E-state index contributed by atoms with van der Waals surface area (Å²) >= 11 is 0. The molecule has 9 nitrogen and oxygen atoms in total. The molecule has 0 spiro atoms. The SMILES string of the molecule is Cn1cc(-c2ccc(-c3nc(-c4cnn(CCO)c4)nn3C3CCC3)o2)cn1. The zero-order valence-electron chi connectivity index (χ0n) is 15.6. The summed E-state index contributed by atoms with van der Waals surface area (Å²) in [5.41, 5.74) is 1.75. The lowest BCUT2D eigenvalue weighted by Gasteiger charge is -2.26. The van der Waals surface area contributed by atoms with Gasteiger partial charge in [0.15, 0.2) is 17.4 Å². The largest absolute Gasteiger partial charge is 0.453 e. The molecule has 0 aliphatic heterocycles. The molecule has 0 amide bonds. The summed E-state index contributed by atoms with van der Waals surface area (Å²) in [6, 6.07) is 4.21. The van der Waals surface area contributed by atoms with Gasteiger partial charge in [-0.1, -0.05) is 0 Å². The number of furan rings is 1. The molecule has 0 saturated heterocycles. The Hall–Kier alpha value is -3.20. The first-order chi connectivity index (χ1) is 13.7. The zero-order chi connectivity index (χ0) is 19.1. The minimum Gasteiger partial charge on any atom is -0.453 e. The van der Waals surface area contributed by atoms with Crippen molar-refractivity contribution in [2.45, 2.75) is 31.8 Å². The molecule has 1 saturated carbocycles. The first-order valence-electron chi connectivity index (χ1n) is 9.41. The lowest BCUT2D eigenvalue weighted by molar-refractivity contribution is 0.269. The lowest BCUT2D eigenvalue weighted by Crippen LogP contribution is -2.19. The summed E-state index contributed by atoms with van der Waals surface area (Å²) in [5.74, 6) is 2.78. The molecule has 0 atom stereocenters. The minimum absolute atomic E-state index is 0.0415. The molecular formula is C19H21N7O2. The molecule has 4 aromatic heterocycles. The van der Waals surface area contributed by atoms with Crippen LogP contribution in [0.15, 0.2) is 41.3 Å². The predicted octanol–water partition coefficient (Wildman–Crippen LogP) is 2.52. The van der Waals surface area contributed by atoms with Gasteiger partial charge in [-0.25, -0.2) is 9.67 Å². The van der Waals surface area contributed by atoms with E-state index in [-0.39, 0.29) is 6.61 Å². The molecule has 1 N–H and O–H groups in total. The number of nitrogens with zero attached hydrogens (tertiary/aromatic N) is 7. The monoisotopic (exact) mass is 379 g/mol. The minimum atomic E-state index is 0.0415. The molecular weight excluding hydrogens is 358 g/mol. The molecule has 1 fully saturated rings. The topological polar surface area (TPSA) is 99.7 Å². The van der Waals surface area contributed by atoms with Gasteiger partial charge in [0.05, 0.1) is 42.7 Å². The lowest BCUT2D eigenvalue weighted by atomic mass is 9.93. The van der Waals surface area contributed by atoms with Crippen molar-refractivity contribution < 1.29 is 9.52 Å². The van der Waals surface area contributed by atoms with E-state index in [1.54, 1.807) is 21.8 Å². The average molecular weight is 379 g/mol. The molecule has 4 aromatic rings. The van der Waals surface area contributed by atoms with E-state index in [1.165, 1.54) is 6.42 Å². The summed E-state index contributed by atoms with van der Waals surface area (Å²) in [6.45, 7) is 0.489. The molecule has 0 aromatic carbocycles. The van der Waals surface area contributed by atoms with Crippen molar-refractivity contribution in [3.63, 3.8) is 0 Å². The summed E-state index contributed by atoms with van der Waals surface area (Å²) in [5, 5.41) is 22.3. The van der Waals surface area contributed by atoms with Crippen LogP contribution >= 0.6 is 0 Å². The van der Waals surface area contributed by atoms with Crippen molar-refractivity contribution in [3.05, 3.63) is 36.9 Å². The van der Waals surface area contributed by atoms with Gasteiger partial charge in [0.25, 0.3) is 0 Å². The Morgan fingerprint density at radius 1 is 1.11 bits per heavy atom. The van der Waals surface area contributed by atoms with E-state index in [4.69, 9.17) is 19.6 Å². The second-order valence-electron chi connectivity index (χ2n) is 7.07. The fraction of sp³-hybridized carbons (Fsp3) is 0.368. The van der Waals surface area contributed by atoms with E-state index < -0.39 is 0 Å². The average Bonchev–Trinajstić information content (AvgIpc) is 3.38. The Morgan fingerprint density at radius 3 is 2.64 bits per heavy atom. The number of aliphatic hydroxyl groups is 1. The van der Waals surface area contributed by atoms with Gasteiger partial charge in [-0.15, -0.1) is 5.10 Å². The van der Waals surface area contributed by atoms with Crippen LogP contribution in [0, 0.1) is 0 Å². The van der Waals surface area contributed by atoms with Crippen molar-refractivity contribution in [2.24, 2.45) is 7.05 Å². The van der Waals surface area contributed by atoms with Crippen LogP contribution in [0.1, 0.15) is 25.3 Å². The van der Waals surface area contributed by atoms with Crippen molar-refractivity contribution >= 4 is 0 Å². The molecule has 28 heavy (non-hydrogen) atoms. The summed E-state index contributed by atoms with van der Waals surface area (Å²) in [4.78, 5) is 4.76. The smallest absolute Gasteiger partial charge is 0.195 e. The van der Waals surface area contributed by atoms with Gasteiger partial charge in [0, 0.05) is 19.4 Å². The highest BCUT2D eigenvalue weighted by atomic mass is 16.3. The van der Waals surface area contributed by atoms with E-state index in [0.29, 0.717) is 24.2 Å². The third kappa shape index (κ3) is 2.93. The highest BCUT2D eigenvalue weighted by molar-refractivity contribution is 5.62. The normalized spacial score (nSPS) is 14.5. The van der Waals surface area contributed by atoms with E-state index in [2.05, 4.69) is 10.2 Å². The Bertz CT molecular complexity index is 1100. The van der Waals surface area contributed by atoms with Gasteiger partial charge in [-0.3, -0.25) is 9.36 Å². The van der Waals surface area contributed by atoms with Crippen LogP contribution in [0.25, 0.3) is 34.3 Å². The van der Waals surface area contributed by atoms with E-state index in [0.717, 1.165) is 35.6 Å². The molecule has 0 radical (unpaired) electrons. The number of aliphatic hydroxyl groups excluding tert-OH is 1. The van der Waals surface area contributed by atoms with E-state index in [9.17, 15) is 0 Å². The maximum Gasteiger partial charge on any atom is 0.195 e. The summed E-state index contributed by atoms with van der Waals surface area (Å²) in [7, 11) is 1.88. The number of rotatable bonds is 6. The molecule has 1 aliphatic rings. The highest BCUT2D eigenvalue weighted by Crippen LogP contribution is 2.36. The fourth-order valence-corrected chi connectivity index (χ4v) is 3.36. The third-order valence-corrected chi connectivity index (χ3v) is 5.09. The molecule has 5 rings (SSSR count). The Balaban J connectivity index is 1.52. The van der Waals surface area contributed by atoms with Crippen LogP contribution in [0.5, 0.6) is 0 Å². The number of hydrogen-bond donors (Lipinski definition) is 1. The third-order valence-electron chi connectivity index (χ3n) is 5.09. The van der Waals surface area contributed by atoms with Crippen LogP contribution < -0.4 is 0 Å². The van der Waals surface area contributed by atoms with Gasteiger partial charge in [-0.05, 0) is 31.4 Å². The zero-order valence-corrected chi connectivity index (χ0v) is 15.6. The van der Waals surface area contributed by atoms with Crippen LogP contribution in [-0.4, -0.2) is 46.0 Å². The summed E-state index contributed by atoms with van der Waals surface area (Å²) in [6.07, 6.45) is 10.7. The molecule has 0 unspecified atom stereocenters. The van der Waals surface area contributed by atoms with Crippen LogP contribution in [0.2, 0.25) is 0 Å². The van der Waals surface area contributed by atoms with Gasteiger partial charge in [-0.2, -0.15) is 10.2 Å². The summed E-state index contributed by atoms with van der Waals surface area (Å²) < 4.78 is 11.5. The highest BCUT2D eigenvalue weighted by Gasteiger charge is 2.27.